The van der Waals surface area contributed by atoms with Crippen LogP contribution in [0.3, 0.4) is 0 Å². The average Bonchev–Trinajstić information content (AvgIpc) is 2.66. The Labute approximate surface area is 109 Å². The molecular weight excluding hydrogens is 244 g/mol. The maximum atomic E-state index is 12.1. The number of hydrogen-bond donors (Lipinski definition) is 1. The van der Waals surface area contributed by atoms with Gasteiger partial charge >= 0.3 is 0 Å². The van der Waals surface area contributed by atoms with Crippen LogP contribution in [0.1, 0.15) is 19.8 Å². The van der Waals surface area contributed by atoms with Crippen molar-refractivity contribution >= 4 is 30.1 Å². The minimum Gasteiger partial charge on any atom is -0.338 e. The standard InChI is InChI=1S/C11H22N2OS.ClH/c1-9(8-15-3)11(14)13-6-4-5-10(13)7-12-2;/h9-10,12H,4-8H2,1-3H3;1H. The van der Waals surface area contributed by atoms with Crippen LogP contribution in [0, 0.1) is 5.92 Å². The van der Waals surface area contributed by atoms with Crippen LogP contribution in [0.5, 0.6) is 0 Å². The van der Waals surface area contributed by atoms with Gasteiger partial charge in [-0.1, -0.05) is 6.92 Å². The molecule has 1 amide bonds. The monoisotopic (exact) mass is 266 g/mol. The van der Waals surface area contributed by atoms with Crippen molar-refractivity contribution in [2.75, 3.05) is 32.1 Å². The lowest BCUT2D eigenvalue weighted by Gasteiger charge is -2.27. The summed E-state index contributed by atoms with van der Waals surface area (Å²) in [6.07, 6.45) is 4.36. The molecule has 2 atom stereocenters. The van der Waals surface area contributed by atoms with Gasteiger partial charge in [-0.05, 0) is 26.1 Å². The largest absolute Gasteiger partial charge is 0.338 e. The number of halogens is 1. The summed E-state index contributed by atoms with van der Waals surface area (Å²) in [6.45, 7) is 3.91. The lowest BCUT2D eigenvalue weighted by molar-refractivity contribution is -0.135. The third-order valence-corrected chi connectivity index (χ3v) is 3.77. The molecule has 0 aliphatic carbocycles. The van der Waals surface area contributed by atoms with E-state index in [0.29, 0.717) is 11.9 Å². The molecule has 1 heterocycles. The van der Waals surface area contributed by atoms with Crippen molar-refractivity contribution in [3.8, 4) is 0 Å². The second-order valence-electron chi connectivity index (χ2n) is 4.24. The quantitative estimate of drug-likeness (QED) is 0.821. The van der Waals surface area contributed by atoms with E-state index in [2.05, 4.69) is 16.5 Å². The van der Waals surface area contributed by atoms with Gasteiger partial charge in [-0.3, -0.25) is 4.79 Å². The second-order valence-corrected chi connectivity index (χ2v) is 5.15. The average molecular weight is 267 g/mol. The predicted molar refractivity (Wildman–Crippen MR) is 73.5 cm³/mol. The van der Waals surface area contributed by atoms with Gasteiger partial charge in [-0.15, -0.1) is 12.4 Å². The Hall–Kier alpha value is 0.0700. The highest BCUT2D eigenvalue weighted by Gasteiger charge is 2.30. The van der Waals surface area contributed by atoms with Crippen molar-refractivity contribution < 1.29 is 4.79 Å². The van der Waals surface area contributed by atoms with Crippen molar-refractivity contribution in [2.45, 2.75) is 25.8 Å². The van der Waals surface area contributed by atoms with Gasteiger partial charge in [0, 0.05) is 30.8 Å². The third-order valence-electron chi connectivity index (χ3n) is 2.94. The van der Waals surface area contributed by atoms with Gasteiger partial charge in [0.05, 0.1) is 0 Å². The van der Waals surface area contributed by atoms with E-state index >= 15 is 0 Å². The number of amides is 1. The highest BCUT2D eigenvalue weighted by Crippen LogP contribution is 2.20. The van der Waals surface area contributed by atoms with Crippen molar-refractivity contribution in [3.63, 3.8) is 0 Å². The summed E-state index contributed by atoms with van der Waals surface area (Å²) < 4.78 is 0. The molecule has 96 valence electrons. The van der Waals surface area contributed by atoms with Gasteiger partial charge in [-0.25, -0.2) is 0 Å². The number of nitrogens with one attached hydrogen (secondary N) is 1. The zero-order chi connectivity index (χ0) is 11.3. The maximum absolute atomic E-state index is 12.1. The van der Waals surface area contributed by atoms with Crippen LogP contribution in [0.25, 0.3) is 0 Å². The minimum absolute atomic E-state index is 0. The van der Waals surface area contributed by atoms with Crippen molar-refractivity contribution in [1.82, 2.24) is 10.2 Å². The number of thioether (sulfide) groups is 1. The fourth-order valence-electron chi connectivity index (χ4n) is 2.18. The van der Waals surface area contributed by atoms with Crippen LogP contribution in [0.4, 0.5) is 0 Å². The summed E-state index contributed by atoms with van der Waals surface area (Å²) in [7, 11) is 1.95. The molecule has 1 N–H and O–H groups in total. The molecule has 2 unspecified atom stereocenters. The Kier molecular flexibility index (Phi) is 8.24. The van der Waals surface area contributed by atoms with E-state index in [-0.39, 0.29) is 18.3 Å². The Morgan fingerprint density at radius 2 is 2.31 bits per heavy atom. The third kappa shape index (κ3) is 4.15. The van der Waals surface area contributed by atoms with Gasteiger partial charge < -0.3 is 10.2 Å². The first-order valence-electron chi connectivity index (χ1n) is 5.64. The number of rotatable bonds is 5. The maximum Gasteiger partial charge on any atom is 0.226 e. The van der Waals surface area contributed by atoms with Crippen LogP contribution in [-0.2, 0) is 4.79 Å². The Morgan fingerprint density at radius 3 is 2.88 bits per heavy atom. The number of likely N-dealkylation sites (tertiary alicyclic amines) is 1. The SMILES string of the molecule is CNCC1CCCN1C(=O)C(C)CSC.Cl. The molecule has 0 bridgehead atoms. The molecular formula is C11H23ClN2OS. The van der Waals surface area contributed by atoms with Gasteiger partial charge in [0.15, 0.2) is 0 Å². The molecule has 5 heteroatoms. The van der Waals surface area contributed by atoms with E-state index in [9.17, 15) is 4.79 Å². The normalized spacial score (nSPS) is 21.7. The number of carbonyl (C=O) groups is 1. The summed E-state index contributed by atoms with van der Waals surface area (Å²) in [5, 5.41) is 3.17. The molecule has 1 rings (SSSR count). The highest BCUT2D eigenvalue weighted by molar-refractivity contribution is 7.98. The summed E-state index contributed by atoms with van der Waals surface area (Å²) in [4.78, 5) is 14.2. The lowest BCUT2D eigenvalue weighted by atomic mass is 10.1. The van der Waals surface area contributed by atoms with E-state index in [1.807, 2.05) is 14.0 Å². The molecule has 1 saturated heterocycles. The Bertz CT molecular complexity index is 216. The molecule has 3 nitrogen and oxygen atoms in total. The molecule has 1 fully saturated rings. The van der Waals surface area contributed by atoms with Crippen LogP contribution in [0.15, 0.2) is 0 Å². The Morgan fingerprint density at radius 1 is 1.62 bits per heavy atom. The molecule has 1 aliphatic heterocycles. The van der Waals surface area contributed by atoms with Crippen LogP contribution in [0.2, 0.25) is 0 Å². The molecule has 1 aliphatic rings. The lowest BCUT2D eigenvalue weighted by Crippen LogP contribution is -2.43. The molecule has 0 aromatic carbocycles. The van der Waals surface area contributed by atoms with E-state index in [0.717, 1.165) is 31.7 Å². The zero-order valence-corrected chi connectivity index (χ0v) is 12.0. The number of hydrogen-bond acceptors (Lipinski definition) is 3. The first-order valence-corrected chi connectivity index (χ1v) is 7.04. The topological polar surface area (TPSA) is 32.3 Å². The van der Waals surface area contributed by atoms with Crippen LogP contribution >= 0.6 is 24.2 Å². The van der Waals surface area contributed by atoms with Crippen molar-refractivity contribution in [1.29, 1.82) is 0 Å². The molecule has 16 heavy (non-hydrogen) atoms. The molecule has 0 aromatic heterocycles. The van der Waals surface area contributed by atoms with Gasteiger partial charge in [0.25, 0.3) is 0 Å². The molecule has 0 radical (unpaired) electrons. The van der Waals surface area contributed by atoms with E-state index in [1.54, 1.807) is 11.8 Å². The fraction of sp³-hybridized carbons (Fsp3) is 0.909. The summed E-state index contributed by atoms with van der Waals surface area (Å²) in [5.74, 6) is 1.43. The highest BCUT2D eigenvalue weighted by atomic mass is 35.5. The number of nitrogens with zero attached hydrogens (tertiary/aromatic N) is 1. The number of carbonyl (C=O) groups excluding carboxylic acids is 1. The van der Waals surface area contributed by atoms with Crippen LogP contribution < -0.4 is 5.32 Å². The number of likely N-dealkylation sites (N-methyl/N-ethyl adjacent to an activating group) is 1. The van der Waals surface area contributed by atoms with Crippen molar-refractivity contribution in [2.24, 2.45) is 5.92 Å². The van der Waals surface area contributed by atoms with Crippen LogP contribution in [-0.4, -0.2) is 49.0 Å². The van der Waals surface area contributed by atoms with E-state index < -0.39 is 0 Å². The molecule has 0 spiro atoms. The van der Waals surface area contributed by atoms with Gasteiger partial charge in [0.1, 0.15) is 0 Å². The summed E-state index contributed by atoms with van der Waals surface area (Å²) in [5.41, 5.74) is 0. The van der Waals surface area contributed by atoms with Gasteiger partial charge in [-0.2, -0.15) is 11.8 Å². The minimum atomic E-state index is 0. The van der Waals surface area contributed by atoms with E-state index in [4.69, 9.17) is 0 Å². The van der Waals surface area contributed by atoms with Gasteiger partial charge in [0.2, 0.25) is 5.91 Å². The summed E-state index contributed by atoms with van der Waals surface area (Å²) in [6, 6.07) is 0.423. The fourth-order valence-corrected chi connectivity index (χ4v) is 2.82. The first kappa shape index (κ1) is 16.1. The zero-order valence-electron chi connectivity index (χ0n) is 10.4. The predicted octanol–water partition coefficient (Wildman–Crippen LogP) is 1.62. The van der Waals surface area contributed by atoms with E-state index in [1.165, 1.54) is 0 Å². The first-order chi connectivity index (χ1) is 7.20. The smallest absolute Gasteiger partial charge is 0.226 e. The molecule has 0 aromatic rings. The Balaban J connectivity index is 0.00000225. The summed E-state index contributed by atoms with van der Waals surface area (Å²) >= 11 is 1.75. The second kappa shape index (κ2) is 8.20. The van der Waals surface area contributed by atoms with Crippen molar-refractivity contribution in [3.05, 3.63) is 0 Å². The molecule has 0 saturated carbocycles.